The Hall–Kier alpha value is -2.63. The molecule has 0 N–H and O–H groups in total. The first-order valence-corrected chi connectivity index (χ1v) is 11.3. The van der Waals surface area contributed by atoms with Gasteiger partial charge in [-0.25, -0.2) is 8.42 Å². The third-order valence-corrected chi connectivity index (χ3v) is 7.77. The van der Waals surface area contributed by atoms with Crippen LogP contribution in [-0.2, 0) is 26.2 Å². The zero-order chi connectivity index (χ0) is 20.3. The van der Waals surface area contributed by atoms with Gasteiger partial charge >= 0.3 is 5.97 Å². The monoisotopic (exact) mass is 434 g/mol. The van der Waals surface area contributed by atoms with E-state index in [1.807, 2.05) is 0 Å². The van der Waals surface area contributed by atoms with Gasteiger partial charge in [0.1, 0.15) is 4.21 Å². The molecule has 0 saturated carbocycles. The van der Waals surface area contributed by atoms with Gasteiger partial charge in [-0.1, -0.05) is 11.2 Å². The second-order valence-corrected chi connectivity index (χ2v) is 9.61. The highest BCUT2D eigenvalue weighted by atomic mass is 32.2. The Balaban J connectivity index is 1.36. The number of pyridine rings is 1. The van der Waals surface area contributed by atoms with Crippen molar-refractivity contribution in [2.45, 2.75) is 23.7 Å². The molecule has 1 aliphatic heterocycles. The number of hydrogen-bond acceptors (Lipinski definition) is 9. The molecule has 9 nitrogen and oxygen atoms in total. The van der Waals surface area contributed by atoms with Crippen LogP contribution in [0.4, 0.5) is 0 Å². The number of carbonyl (C=O) groups is 1. The summed E-state index contributed by atoms with van der Waals surface area (Å²) < 4.78 is 37.4. The highest BCUT2D eigenvalue weighted by Gasteiger charge is 2.34. The van der Waals surface area contributed by atoms with Gasteiger partial charge in [-0.2, -0.15) is 9.29 Å². The number of carbonyl (C=O) groups excluding carboxylic acids is 1. The van der Waals surface area contributed by atoms with Crippen molar-refractivity contribution in [1.82, 2.24) is 19.4 Å². The molecule has 0 spiro atoms. The van der Waals surface area contributed by atoms with E-state index in [4.69, 9.17) is 9.26 Å². The SMILES string of the molecule is O=C(OCc1nc(-c2cccnc2)no1)C1CCCN(S(=O)(=O)c2cccs2)C1. The van der Waals surface area contributed by atoms with Crippen LogP contribution in [0.25, 0.3) is 11.4 Å². The van der Waals surface area contributed by atoms with E-state index in [2.05, 4.69) is 15.1 Å². The Morgan fingerprint density at radius 3 is 3.00 bits per heavy atom. The molecule has 3 aromatic heterocycles. The van der Waals surface area contributed by atoms with Gasteiger partial charge in [-0.15, -0.1) is 11.3 Å². The summed E-state index contributed by atoms with van der Waals surface area (Å²) in [6.07, 6.45) is 4.40. The number of sulfonamides is 1. The van der Waals surface area contributed by atoms with Crippen molar-refractivity contribution >= 4 is 27.3 Å². The van der Waals surface area contributed by atoms with Gasteiger partial charge in [-0.05, 0) is 36.4 Å². The van der Waals surface area contributed by atoms with E-state index in [1.54, 1.807) is 42.0 Å². The summed E-state index contributed by atoms with van der Waals surface area (Å²) in [6.45, 7) is 0.326. The number of nitrogens with zero attached hydrogens (tertiary/aromatic N) is 4. The quantitative estimate of drug-likeness (QED) is 0.543. The van der Waals surface area contributed by atoms with Gasteiger partial charge in [0.05, 0.1) is 5.92 Å². The van der Waals surface area contributed by atoms with Crippen LogP contribution in [0.3, 0.4) is 0 Å². The normalized spacial score (nSPS) is 17.9. The first-order valence-electron chi connectivity index (χ1n) is 8.97. The Morgan fingerprint density at radius 1 is 1.34 bits per heavy atom. The van der Waals surface area contributed by atoms with Crippen molar-refractivity contribution in [3.8, 4) is 11.4 Å². The molecule has 0 amide bonds. The molecule has 1 atom stereocenters. The number of thiophene rings is 1. The van der Waals surface area contributed by atoms with Gasteiger partial charge in [-0.3, -0.25) is 9.78 Å². The molecule has 11 heteroatoms. The Morgan fingerprint density at radius 2 is 2.24 bits per heavy atom. The summed E-state index contributed by atoms with van der Waals surface area (Å²) in [5.41, 5.74) is 0.690. The maximum atomic E-state index is 12.7. The number of esters is 1. The molecule has 4 rings (SSSR count). The van der Waals surface area contributed by atoms with Crippen LogP contribution in [0.1, 0.15) is 18.7 Å². The van der Waals surface area contributed by atoms with Gasteiger partial charge < -0.3 is 9.26 Å². The predicted molar refractivity (Wildman–Crippen MR) is 103 cm³/mol. The van der Waals surface area contributed by atoms with E-state index in [1.165, 1.54) is 4.31 Å². The largest absolute Gasteiger partial charge is 0.455 e. The fourth-order valence-electron chi connectivity index (χ4n) is 3.07. The predicted octanol–water partition coefficient (Wildman–Crippen LogP) is 2.34. The summed E-state index contributed by atoms with van der Waals surface area (Å²) in [7, 11) is -3.58. The van der Waals surface area contributed by atoms with Crippen molar-refractivity contribution in [3.63, 3.8) is 0 Å². The van der Waals surface area contributed by atoms with E-state index < -0.39 is 21.9 Å². The lowest BCUT2D eigenvalue weighted by atomic mass is 10.0. The third-order valence-electron chi connectivity index (χ3n) is 4.53. The van der Waals surface area contributed by atoms with E-state index in [9.17, 15) is 13.2 Å². The molecule has 1 saturated heterocycles. The maximum Gasteiger partial charge on any atom is 0.310 e. The highest BCUT2D eigenvalue weighted by Crippen LogP contribution is 2.27. The van der Waals surface area contributed by atoms with Crippen LogP contribution in [0.2, 0.25) is 0 Å². The van der Waals surface area contributed by atoms with E-state index in [0.717, 1.165) is 11.3 Å². The molecule has 0 aromatic carbocycles. The summed E-state index contributed by atoms with van der Waals surface area (Å²) in [4.78, 5) is 20.6. The van der Waals surface area contributed by atoms with Crippen LogP contribution in [0.15, 0.2) is 50.8 Å². The van der Waals surface area contributed by atoms with Crippen molar-refractivity contribution in [1.29, 1.82) is 0 Å². The molecule has 1 aliphatic rings. The maximum absolute atomic E-state index is 12.7. The van der Waals surface area contributed by atoms with Crippen molar-refractivity contribution in [2.24, 2.45) is 5.92 Å². The zero-order valence-corrected chi connectivity index (χ0v) is 16.9. The summed E-state index contributed by atoms with van der Waals surface area (Å²) >= 11 is 1.16. The lowest BCUT2D eigenvalue weighted by Gasteiger charge is -2.30. The molecule has 152 valence electrons. The first-order chi connectivity index (χ1) is 14.0. The average Bonchev–Trinajstić information content (AvgIpc) is 3.45. The standard InChI is InChI=1S/C18H18N4O5S2/c23-18(26-12-15-20-17(21-27-15)13-4-1-7-19-10-13)14-5-2-8-22(11-14)29(24,25)16-6-3-9-28-16/h1,3-4,6-7,9-10,14H,2,5,8,11-12H2. The van der Waals surface area contributed by atoms with Crippen LogP contribution >= 0.6 is 11.3 Å². The fourth-order valence-corrected chi connectivity index (χ4v) is 5.74. The topological polar surface area (TPSA) is 115 Å². The lowest BCUT2D eigenvalue weighted by molar-refractivity contribution is -0.151. The molecule has 0 radical (unpaired) electrons. The second-order valence-electron chi connectivity index (χ2n) is 6.50. The molecule has 29 heavy (non-hydrogen) atoms. The van der Waals surface area contributed by atoms with Crippen molar-refractivity contribution in [2.75, 3.05) is 13.1 Å². The fraction of sp³-hybridized carbons (Fsp3) is 0.333. The minimum atomic E-state index is -3.58. The zero-order valence-electron chi connectivity index (χ0n) is 15.3. The summed E-state index contributed by atoms with van der Waals surface area (Å²) in [6, 6.07) is 6.80. The number of rotatable bonds is 6. The molecule has 1 fully saturated rings. The summed E-state index contributed by atoms with van der Waals surface area (Å²) in [5.74, 6) is -0.484. The Labute approximate surface area is 171 Å². The summed E-state index contributed by atoms with van der Waals surface area (Å²) in [5, 5.41) is 5.56. The molecule has 1 unspecified atom stereocenters. The van der Waals surface area contributed by atoms with Crippen molar-refractivity contribution < 1.29 is 22.5 Å². The first kappa shape index (κ1) is 19.7. The van der Waals surface area contributed by atoms with Gasteiger partial charge in [0, 0.05) is 31.0 Å². The van der Waals surface area contributed by atoms with Crippen LogP contribution in [0, 0.1) is 5.92 Å². The Kier molecular flexibility index (Phi) is 5.69. The molecular formula is C18H18N4O5S2. The number of hydrogen-bond donors (Lipinski definition) is 0. The molecule has 0 bridgehead atoms. The van der Waals surface area contributed by atoms with E-state index in [0.29, 0.717) is 30.8 Å². The van der Waals surface area contributed by atoms with Gasteiger partial charge in [0.2, 0.25) is 5.82 Å². The number of ether oxygens (including phenoxy) is 1. The lowest BCUT2D eigenvalue weighted by Crippen LogP contribution is -2.42. The Bertz CT molecular complexity index is 1070. The molecule has 4 heterocycles. The van der Waals surface area contributed by atoms with E-state index >= 15 is 0 Å². The second kappa shape index (κ2) is 8.39. The number of aromatic nitrogens is 3. The van der Waals surface area contributed by atoms with Gasteiger partial charge in [0.15, 0.2) is 6.61 Å². The minimum Gasteiger partial charge on any atom is -0.455 e. The molecule has 0 aliphatic carbocycles. The van der Waals surface area contributed by atoms with Crippen LogP contribution in [-0.4, -0.2) is 46.9 Å². The third kappa shape index (κ3) is 4.36. The highest BCUT2D eigenvalue weighted by molar-refractivity contribution is 7.91. The smallest absolute Gasteiger partial charge is 0.310 e. The van der Waals surface area contributed by atoms with Crippen LogP contribution in [0.5, 0.6) is 0 Å². The van der Waals surface area contributed by atoms with Crippen molar-refractivity contribution in [3.05, 3.63) is 47.9 Å². The van der Waals surface area contributed by atoms with E-state index in [-0.39, 0.29) is 23.3 Å². The average molecular weight is 434 g/mol. The van der Waals surface area contributed by atoms with Gasteiger partial charge in [0.25, 0.3) is 15.9 Å². The minimum absolute atomic E-state index is 0.101. The molecular weight excluding hydrogens is 416 g/mol. The van der Waals surface area contributed by atoms with Crippen LogP contribution < -0.4 is 0 Å². The molecule has 3 aromatic rings. The number of piperidine rings is 1.